The van der Waals surface area contributed by atoms with E-state index >= 15 is 0 Å². The van der Waals surface area contributed by atoms with Crippen LogP contribution in [-0.2, 0) is 9.59 Å². The fourth-order valence-electron chi connectivity index (χ4n) is 5.55. The van der Waals surface area contributed by atoms with Crippen LogP contribution >= 0.6 is 0 Å². The Morgan fingerprint density at radius 1 is 0.735 bits per heavy atom. The topological polar surface area (TPSA) is 60.4 Å². The summed E-state index contributed by atoms with van der Waals surface area (Å²) in [5.41, 5.74) is 2.09. The van der Waals surface area contributed by atoms with E-state index in [4.69, 9.17) is 4.74 Å². The maximum Gasteiger partial charge on any atom is 0.311 e. The molecule has 4 heteroatoms. The van der Waals surface area contributed by atoms with Crippen molar-refractivity contribution in [3.05, 3.63) is 54.1 Å². The lowest BCUT2D eigenvalue weighted by Crippen LogP contribution is -2.17. The molecule has 2 aromatic carbocycles. The van der Waals surface area contributed by atoms with Gasteiger partial charge in [0.2, 0.25) is 0 Å². The van der Waals surface area contributed by atoms with Crippen LogP contribution < -0.4 is 4.74 Å². The number of ether oxygens (including phenoxy) is 1. The van der Waals surface area contributed by atoms with E-state index in [-0.39, 0.29) is 24.0 Å². The first-order valence-electron chi connectivity index (χ1n) is 13.0. The van der Waals surface area contributed by atoms with Crippen LogP contribution in [0.4, 0.5) is 0 Å². The molecule has 0 unspecified atom stereocenters. The van der Waals surface area contributed by atoms with Crippen LogP contribution in [-0.4, -0.2) is 17.5 Å². The van der Waals surface area contributed by atoms with Crippen molar-refractivity contribution in [2.45, 2.75) is 83.5 Å². The molecule has 0 radical (unpaired) electrons. The highest BCUT2D eigenvalue weighted by Gasteiger charge is 2.22. The smallest absolute Gasteiger partial charge is 0.311 e. The highest BCUT2D eigenvalue weighted by molar-refractivity contribution is 6.11. The first kappa shape index (κ1) is 24.4. The van der Waals surface area contributed by atoms with E-state index in [2.05, 4.69) is 0 Å². The molecule has 4 nitrogen and oxygen atoms in total. The third-order valence-corrected chi connectivity index (χ3v) is 7.39. The fraction of sp³-hybridized carbons (Fsp3) is 0.500. The van der Waals surface area contributed by atoms with Crippen LogP contribution in [0.1, 0.15) is 93.8 Å². The van der Waals surface area contributed by atoms with Gasteiger partial charge in [0.15, 0.2) is 5.78 Å². The average molecular weight is 461 g/mol. The molecule has 0 saturated heterocycles. The summed E-state index contributed by atoms with van der Waals surface area (Å²) in [5, 5.41) is 0. The molecule has 2 aliphatic carbocycles. The Bertz CT molecular complexity index is 982. The highest BCUT2D eigenvalue weighted by Crippen LogP contribution is 2.32. The van der Waals surface area contributed by atoms with Crippen LogP contribution in [0.3, 0.4) is 0 Å². The molecule has 4 rings (SSSR count). The molecular formula is C30H36O4. The van der Waals surface area contributed by atoms with Gasteiger partial charge < -0.3 is 4.74 Å². The van der Waals surface area contributed by atoms with Crippen molar-refractivity contribution in [3.63, 3.8) is 0 Å². The molecular weight excluding hydrogens is 424 g/mol. The monoisotopic (exact) mass is 460 g/mol. The van der Waals surface area contributed by atoms with Gasteiger partial charge in [-0.05, 0) is 54.0 Å². The van der Waals surface area contributed by atoms with E-state index in [1.54, 1.807) is 18.2 Å². The molecule has 0 spiro atoms. The number of hydrogen-bond donors (Lipinski definition) is 0. The van der Waals surface area contributed by atoms with Gasteiger partial charge in [0.25, 0.3) is 0 Å². The van der Waals surface area contributed by atoms with Gasteiger partial charge in [0.05, 0.1) is 6.42 Å². The molecule has 0 N–H and O–H groups in total. The van der Waals surface area contributed by atoms with Crippen LogP contribution in [0.5, 0.6) is 5.75 Å². The van der Waals surface area contributed by atoms with Gasteiger partial charge in [-0.25, -0.2) is 0 Å². The lowest BCUT2D eigenvalue weighted by Gasteiger charge is -2.21. The number of esters is 1. The molecule has 2 aliphatic rings. The van der Waals surface area contributed by atoms with Gasteiger partial charge in [0.1, 0.15) is 11.5 Å². The maximum absolute atomic E-state index is 13.2. The van der Waals surface area contributed by atoms with Gasteiger partial charge in [-0.1, -0.05) is 81.7 Å². The molecule has 2 fully saturated rings. The minimum atomic E-state index is -0.215. The number of rotatable bonds is 9. The number of carbonyl (C=O) groups excluding carboxylic acids is 3. The number of carbonyl (C=O) groups is 3. The number of hydrogen-bond acceptors (Lipinski definition) is 4. The maximum atomic E-state index is 13.2. The van der Waals surface area contributed by atoms with Crippen LogP contribution in [0.25, 0.3) is 11.1 Å². The predicted molar refractivity (Wildman–Crippen MR) is 134 cm³/mol. The Morgan fingerprint density at radius 3 is 2.00 bits per heavy atom. The summed E-state index contributed by atoms with van der Waals surface area (Å²) in [7, 11) is 0. The Morgan fingerprint density at radius 2 is 1.35 bits per heavy atom. The molecule has 0 aromatic heterocycles. The summed E-state index contributed by atoms with van der Waals surface area (Å²) in [6.45, 7) is 0. The van der Waals surface area contributed by atoms with Gasteiger partial charge in [-0.3, -0.25) is 14.4 Å². The lowest BCUT2D eigenvalue weighted by molar-refractivity contribution is -0.135. The van der Waals surface area contributed by atoms with Crippen molar-refractivity contribution in [1.82, 2.24) is 0 Å². The predicted octanol–water partition coefficient (Wildman–Crippen LogP) is 7.34. The van der Waals surface area contributed by atoms with Gasteiger partial charge in [0, 0.05) is 18.4 Å². The molecule has 0 aliphatic heterocycles. The van der Waals surface area contributed by atoms with Gasteiger partial charge in [-0.2, -0.15) is 0 Å². The lowest BCUT2D eigenvalue weighted by atomic mass is 9.84. The summed E-state index contributed by atoms with van der Waals surface area (Å²) < 4.78 is 5.68. The van der Waals surface area contributed by atoms with Crippen LogP contribution in [0.15, 0.2) is 48.5 Å². The molecule has 180 valence electrons. The van der Waals surface area contributed by atoms with Crippen molar-refractivity contribution in [1.29, 1.82) is 0 Å². The summed E-state index contributed by atoms with van der Waals surface area (Å²) in [6, 6.07) is 14.8. The second-order valence-electron chi connectivity index (χ2n) is 10.1. The van der Waals surface area contributed by atoms with Crippen molar-refractivity contribution < 1.29 is 19.1 Å². The zero-order valence-electron chi connectivity index (χ0n) is 20.1. The average Bonchev–Trinajstić information content (AvgIpc) is 2.85. The Kier molecular flexibility index (Phi) is 8.67. The summed E-state index contributed by atoms with van der Waals surface area (Å²) in [5.74, 6) is 0.926. The molecule has 2 aromatic rings. The standard InChI is InChI=1S/C30H36O4/c31-25(18-22-10-4-1-5-11-22)20-29(32)27-17-16-26(21-28(27)24-14-8-3-9-15-24)34-30(33)19-23-12-6-2-7-13-23/h3,8-9,14-17,21-23H,1-2,4-7,10-13,18-20H2. The van der Waals surface area contributed by atoms with Crippen molar-refractivity contribution in [3.8, 4) is 16.9 Å². The van der Waals surface area contributed by atoms with E-state index in [0.717, 1.165) is 31.2 Å². The zero-order chi connectivity index (χ0) is 23.8. The zero-order valence-corrected chi connectivity index (χ0v) is 20.1. The van der Waals surface area contributed by atoms with Crippen molar-refractivity contribution in [2.24, 2.45) is 11.8 Å². The molecule has 0 heterocycles. The minimum Gasteiger partial charge on any atom is -0.426 e. The summed E-state index contributed by atoms with van der Waals surface area (Å²) >= 11 is 0. The molecule has 34 heavy (non-hydrogen) atoms. The highest BCUT2D eigenvalue weighted by atomic mass is 16.5. The second-order valence-corrected chi connectivity index (χ2v) is 10.1. The minimum absolute atomic E-state index is 0.0268. The molecule has 2 saturated carbocycles. The van der Waals surface area contributed by atoms with Gasteiger partial charge >= 0.3 is 5.97 Å². The second kappa shape index (κ2) is 12.1. The fourth-order valence-corrected chi connectivity index (χ4v) is 5.55. The van der Waals surface area contributed by atoms with E-state index in [1.807, 2.05) is 30.3 Å². The Labute approximate surface area is 203 Å². The number of ketones is 2. The normalized spacial score (nSPS) is 17.3. The van der Waals surface area contributed by atoms with Crippen molar-refractivity contribution in [2.75, 3.05) is 0 Å². The SMILES string of the molecule is O=C(CC(=O)c1ccc(OC(=O)CC2CCCCC2)cc1-c1ccccc1)CC1CCCCC1. The van der Waals surface area contributed by atoms with E-state index in [9.17, 15) is 14.4 Å². The van der Waals surface area contributed by atoms with E-state index < -0.39 is 0 Å². The third kappa shape index (κ3) is 6.88. The van der Waals surface area contributed by atoms with Crippen molar-refractivity contribution >= 4 is 17.5 Å². The largest absolute Gasteiger partial charge is 0.426 e. The number of Topliss-reactive ketones (excluding diaryl/α,β-unsaturated/α-hetero) is 2. The first-order chi connectivity index (χ1) is 16.6. The molecule has 0 amide bonds. The van der Waals surface area contributed by atoms with E-state index in [1.165, 1.54) is 38.5 Å². The summed E-state index contributed by atoms with van der Waals surface area (Å²) in [4.78, 5) is 38.4. The summed E-state index contributed by atoms with van der Waals surface area (Å²) in [6.07, 6.45) is 12.5. The van der Waals surface area contributed by atoms with Crippen LogP contribution in [0.2, 0.25) is 0 Å². The first-order valence-corrected chi connectivity index (χ1v) is 13.0. The van der Waals surface area contributed by atoms with Gasteiger partial charge in [-0.15, -0.1) is 0 Å². The Balaban J connectivity index is 1.47. The van der Waals surface area contributed by atoms with Crippen LogP contribution in [0, 0.1) is 11.8 Å². The quantitative estimate of drug-likeness (QED) is 0.170. The third-order valence-electron chi connectivity index (χ3n) is 7.39. The Hall–Kier alpha value is -2.75. The number of benzene rings is 2. The molecule has 0 bridgehead atoms. The molecule has 0 atom stereocenters. The van der Waals surface area contributed by atoms with E-state index in [0.29, 0.717) is 41.6 Å².